The summed E-state index contributed by atoms with van der Waals surface area (Å²) in [5.74, 6) is 0. The van der Waals surface area contributed by atoms with Crippen LogP contribution in [0.3, 0.4) is 0 Å². The zero-order valence-electron chi connectivity index (χ0n) is 8.18. The number of hydrogen-bond acceptors (Lipinski definition) is 2. The lowest BCUT2D eigenvalue weighted by molar-refractivity contribution is 0.0681. The van der Waals surface area contributed by atoms with Crippen LogP contribution in [0.5, 0.6) is 0 Å². The average molecular weight is 179 g/mol. The number of hydrogen-bond donors (Lipinski definition) is 1. The number of allylic oxidation sites excluding steroid dienone is 2. The van der Waals surface area contributed by atoms with Gasteiger partial charge in [0, 0.05) is 6.54 Å². The topological polar surface area (TPSA) is 21.3 Å². The number of ether oxygens (including phenoxy) is 1. The third-order valence-electron chi connectivity index (χ3n) is 2.73. The van der Waals surface area contributed by atoms with Gasteiger partial charge < -0.3 is 10.1 Å². The van der Waals surface area contributed by atoms with Gasteiger partial charge in [-0.25, -0.2) is 0 Å². The fourth-order valence-corrected chi connectivity index (χ4v) is 2.02. The molecule has 0 aromatic heterocycles. The van der Waals surface area contributed by atoms with Crippen molar-refractivity contribution in [2.45, 2.75) is 25.9 Å². The molecule has 1 aliphatic heterocycles. The summed E-state index contributed by atoms with van der Waals surface area (Å²) in [4.78, 5) is 0. The Morgan fingerprint density at radius 1 is 1.62 bits per heavy atom. The van der Waals surface area contributed by atoms with Gasteiger partial charge in [0.05, 0.1) is 12.7 Å². The van der Waals surface area contributed by atoms with Crippen LogP contribution in [0.1, 0.15) is 19.8 Å². The third-order valence-corrected chi connectivity index (χ3v) is 2.73. The van der Waals surface area contributed by atoms with Crippen LogP contribution in [0.2, 0.25) is 0 Å². The predicted octanol–water partition coefficient (Wildman–Crippen LogP) is 1.64. The molecule has 2 aliphatic rings. The first kappa shape index (κ1) is 8.97. The molecule has 2 rings (SSSR count). The number of rotatable bonds is 3. The zero-order valence-corrected chi connectivity index (χ0v) is 8.18. The maximum atomic E-state index is 5.73. The molecule has 1 atom stereocenters. The summed E-state index contributed by atoms with van der Waals surface area (Å²) in [6.07, 6.45) is 7.05. The minimum absolute atomic E-state index is 0.332. The molecule has 1 heterocycles. The van der Waals surface area contributed by atoms with Crippen LogP contribution in [-0.2, 0) is 4.74 Å². The van der Waals surface area contributed by atoms with Crippen molar-refractivity contribution in [1.29, 1.82) is 0 Å². The van der Waals surface area contributed by atoms with Gasteiger partial charge >= 0.3 is 0 Å². The van der Waals surface area contributed by atoms with Crippen molar-refractivity contribution in [3.05, 3.63) is 23.3 Å². The Kier molecular flexibility index (Phi) is 2.81. The first-order valence-corrected chi connectivity index (χ1v) is 5.12. The normalized spacial score (nSPS) is 26.7. The minimum Gasteiger partial charge on any atom is -0.372 e. The third kappa shape index (κ3) is 1.84. The van der Waals surface area contributed by atoms with Gasteiger partial charge in [-0.15, -0.1) is 0 Å². The van der Waals surface area contributed by atoms with E-state index in [9.17, 15) is 0 Å². The van der Waals surface area contributed by atoms with Gasteiger partial charge in [-0.1, -0.05) is 19.1 Å². The highest BCUT2D eigenvalue weighted by molar-refractivity contribution is 5.37. The summed E-state index contributed by atoms with van der Waals surface area (Å²) in [6, 6.07) is 0. The maximum absolute atomic E-state index is 5.73. The van der Waals surface area contributed by atoms with E-state index < -0.39 is 0 Å². The minimum atomic E-state index is 0.332. The summed E-state index contributed by atoms with van der Waals surface area (Å²) in [5.41, 5.74) is 3.03. The van der Waals surface area contributed by atoms with E-state index in [2.05, 4.69) is 24.4 Å². The monoisotopic (exact) mass is 179 g/mol. The Labute approximate surface area is 79.7 Å². The molecule has 1 aliphatic carbocycles. The Morgan fingerprint density at radius 2 is 2.54 bits per heavy atom. The van der Waals surface area contributed by atoms with Gasteiger partial charge in [0.15, 0.2) is 0 Å². The molecule has 0 saturated heterocycles. The molecule has 0 saturated carbocycles. The quantitative estimate of drug-likeness (QED) is 0.711. The van der Waals surface area contributed by atoms with Gasteiger partial charge in [0.25, 0.3) is 0 Å². The molecule has 2 nitrogen and oxygen atoms in total. The van der Waals surface area contributed by atoms with Crippen molar-refractivity contribution in [2.24, 2.45) is 0 Å². The number of nitrogens with one attached hydrogen (secondary N) is 1. The second-order valence-electron chi connectivity index (χ2n) is 3.57. The highest BCUT2D eigenvalue weighted by atomic mass is 16.5. The Morgan fingerprint density at radius 3 is 3.38 bits per heavy atom. The fraction of sp³-hybridized carbons (Fsp3) is 0.636. The maximum Gasteiger partial charge on any atom is 0.0918 e. The summed E-state index contributed by atoms with van der Waals surface area (Å²) in [6.45, 7) is 5.01. The molecular formula is C11H17NO. The second kappa shape index (κ2) is 4.07. The fourth-order valence-electron chi connectivity index (χ4n) is 2.02. The lowest BCUT2D eigenvalue weighted by Crippen LogP contribution is -2.33. The summed E-state index contributed by atoms with van der Waals surface area (Å²) in [5, 5.41) is 3.34. The summed E-state index contributed by atoms with van der Waals surface area (Å²) in [7, 11) is 0. The van der Waals surface area contributed by atoms with E-state index >= 15 is 0 Å². The van der Waals surface area contributed by atoms with Crippen molar-refractivity contribution in [3.63, 3.8) is 0 Å². The van der Waals surface area contributed by atoms with Crippen LogP contribution in [0.15, 0.2) is 23.3 Å². The number of likely N-dealkylation sites (N-methyl/N-ethyl adjacent to an activating group) is 1. The van der Waals surface area contributed by atoms with Crippen LogP contribution in [0.4, 0.5) is 0 Å². The van der Waals surface area contributed by atoms with E-state index in [0.717, 1.165) is 32.5 Å². The molecule has 0 amide bonds. The van der Waals surface area contributed by atoms with Crippen LogP contribution < -0.4 is 5.32 Å². The molecule has 0 radical (unpaired) electrons. The van der Waals surface area contributed by atoms with E-state index in [-0.39, 0.29) is 0 Å². The van der Waals surface area contributed by atoms with E-state index in [1.807, 2.05) is 0 Å². The van der Waals surface area contributed by atoms with Crippen molar-refractivity contribution in [1.82, 2.24) is 5.32 Å². The summed E-state index contributed by atoms with van der Waals surface area (Å²) >= 11 is 0. The Bertz CT molecular complexity index is 242. The van der Waals surface area contributed by atoms with Gasteiger partial charge in [0.1, 0.15) is 0 Å². The van der Waals surface area contributed by atoms with Crippen LogP contribution >= 0.6 is 0 Å². The SMILES string of the molecule is CCNC[C@H]1OCCC2=C1CC=C2. The van der Waals surface area contributed by atoms with E-state index in [4.69, 9.17) is 4.74 Å². The van der Waals surface area contributed by atoms with Crippen molar-refractivity contribution in [2.75, 3.05) is 19.7 Å². The largest absolute Gasteiger partial charge is 0.372 e. The first-order valence-electron chi connectivity index (χ1n) is 5.12. The molecule has 13 heavy (non-hydrogen) atoms. The second-order valence-corrected chi connectivity index (χ2v) is 3.57. The van der Waals surface area contributed by atoms with Crippen LogP contribution in [-0.4, -0.2) is 25.8 Å². The lowest BCUT2D eigenvalue weighted by atomic mass is 10.00. The van der Waals surface area contributed by atoms with E-state index in [0.29, 0.717) is 6.10 Å². The van der Waals surface area contributed by atoms with Crippen molar-refractivity contribution in [3.8, 4) is 0 Å². The van der Waals surface area contributed by atoms with E-state index in [1.54, 1.807) is 0 Å². The lowest BCUT2D eigenvalue weighted by Gasteiger charge is -2.25. The van der Waals surface area contributed by atoms with Crippen LogP contribution in [0, 0.1) is 0 Å². The standard InChI is InChI=1S/C11H17NO/c1-2-12-8-11-10-5-3-4-9(10)6-7-13-11/h3-4,11-12H,2,5-8H2,1H3/t11-/m1/s1. The highest BCUT2D eigenvalue weighted by Gasteiger charge is 2.23. The van der Waals surface area contributed by atoms with Gasteiger partial charge in [-0.2, -0.15) is 0 Å². The Balaban J connectivity index is 2.00. The summed E-state index contributed by atoms with van der Waals surface area (Å²) < 4.78 is 5.73. The van der Waals surface area contributed by atoms with Gasteiger partial charge in [-0.3, -0.25) is 0 Å². The molecule has 2 heteroatoms. The molecule has 0 aromatic carbocycles. The molecule has 0 bridgehead atoms. The molecule has 1 N–H and O–H groups in total. The smallest absolute Gasteiger partial charge is 0.0918 e. The highest BCUT2D eigenvalue weighted by Crippen LogP contribution is 2.29. The molecule has 0 unspecified atom stereocenters. The zero-order chi connectivity index (χ0) is 9.10. The first-order chi connectivity index (χ1) is 6.42. The molecular weight excluding hydrogens is 162 g/mol. The van der Waals surface area contributed by atoms with Gasteiger partial charge in [-0.05, 0) is 30.5 Å². The molecule has 0 aromatic rings. The van der Waals surface area contributed by atoms with Crippen molar-refractivity contribution >= 4 is 0 Å². The molecule has 0 spiro atoms. The predicted molar refractivity (Wildman–Crippen MR) is 53.7 cm³/mol. The van der Waals surface area contributed by atoms with Crippen LogP contribution in [0.25, 0.3) is 0 Å². The molecule has 72 valence electrons. The Hall–Kier alpha value is -0.600. The molecule has 0 fully saturated rings. The van der Waals surface area contributed by atoms with E-state index in [1.165, 1.54) is 11.1 Å². The average Bonchev–Trinajstić information content (AvgIpc) is 2.62. The van der Waals surface area contributed by atoms with Gasteiger partial charge in [0.2, 0.25) is 0 Å². The van der Waals surface area contributed by atoms with Crippen molar-refractivity contribution < 1.29 is 4.74 Å².